The Morgan fingerprint density at radius 1 is 1.06 bits per heavy atom. The molecular weight excluding hydrogens is 229 g/mol. The Balaban J connectivity index is 1.86. The molecule has 0 radical (unpaired) electrons. The second-order valence-electron chi connectivity index (χ2n) is 4.00. The van der Waals surface area contributed by atoms with Crippen molar-refractivity contribution in [2.24, 2.45) is 0 Å². The Bertz CT molecular complexity index is 496. The van der Waals surface area contributed by atoms with E-state index in [1.54, 1.807) is 19.2 Å². The van der Waals surface area contributed by atoms with E-state index in [0.29, 0.717) is 12.2 Å². The van der Waals surface area contributed by atoms with Gasteiger partial charge in [-0.15, -0.1) is 0 Å². The monoisotopic (exact) mass is 245 g/mol. The van der Waals surface area contributed by atoms with Gasteiger partial charge in [0.05, 0.1) is 12.8 Å². The number of methoxy groups -OCH3 is 1. The molecule has 0 fully saturated rings. The molecule has 1 N–H and O–H groups in total. The van der Waals surface area contributed by atoms with Crippen LogP contribution in [0.5, 0.6) is 5.75 Å². The highest BCUT2D eigenvalue weighted by atomic mass is 19.1. The standard InChI is InChI=1S/C15H16FNO/c1-18-13-8-6-12(7-9-13)10-11-17-15-5-3-2-4-14(15)16/h2-9,17H,10-11H2,1H3. The SMILES string of the molecule is COc1ccc(CCNc2ccccc2F)cc1. The minimum atomic E-state index is -0.216. The van der Waals surface area contributed by atoms with Crippen LogP contribution in [0.4, 0.5) is 10.1 Å². The lowest BCUT2D eigenvalue weighted by Crippen LogP contribution is -2.06. The zero-order valence-corrected chi connectivity index (χ0v) is 10.3. The first kappa shape index (κ1) is 12.4. The van der Waals surface area contributed by atoms with Crippen LogP contribution >= 0.6 is 0 Å². The molecule has 0 spiro atoms. The van der Waals surface area contributed by atoms with Crippen LogP contribution in [0.2, 0.25) is 0 Å². The lowest BCUT2D eigenvalue weighted by molar-refractivity contribution is 0.414. The summed E-state index contributed by atoms with van der Waals surface area (Å²) in [5.41, 5.74) is 1.74. The van der Waals surface area contributed by atoms with Crippen LogP contribution in [0.3, 0.4) is 0 Å². The average molecular weight is 245 g/mol. The number of nitrogens with one attached hydrogen (secondary N) is 1. The Morgan fingerprint density at radius 2 is 1.78 bits per heavy atom. The van der Waals surface area contributed by atoms with Gasteiger partial charge >= 0.3 is 0 Å². The van der Waals surface area contributed by atoms with Crippen molar-refractivity contribution in [3.05, 3.63) is 59.9 Å². The number of anilines is 1. The quantitative estimate of drug-likeness (QED) is 0.870. The summed E-state index contributed by atoms with van der Waals surface area (Å²) in [5, 5.41) is 3.08. The van der Waals surface area contributed by atoms with Gasteiger partial charge in [-0.2, -0.15) is 0 Å². The van der Waals surface area contributed by atoms with E-state index < -0.39 is 0 Å². The third kappa shape index (κ3) is 3.23. The zero-order chi connectivity index (χ0) is 12.8. The predicted molar refractivity (Wildman–Crippen MR) is 71.6 cm³/mol. The third-order valence-electron chi connectivity index (χ3n) is 2.76. The molecule has 0 aliphatic rings. The summed E-state index contributed by atoms with van der Waals surface area (Å²) in [6.07, 6.45) is 0.846. The first-order chi connectivity index (χ1) is 8.79. The van der Waals surface area contributed by atoms with Crippen LogP contribution in [0.25, 0.3) is 0 Å². The van der Waals surface area contributed by atoms with Gasteiger partial charge in [0.1, 0.15) is 11.6 Å². The molecular formula is C15H16FNO. The predicted octanol–water partition coefficient (Wildman–Crippen LogP) is 3.49. The van der Waals surface area contributed by atoms with E-state index >= 15 is 0 Å². The Labute approximate surface area is 106 Å². The maximum atomic E-state index is 13.3. The number of rotatable bonds is 5. The fraction of sp³-hybridized carbons (Fsp3) is 0.200. The van der Waals surface area contributed by atoms with E-state index in [1.165, 1.54) is 11.6 Å². The van der Waals surface area contributed by atoms with Crippen LogP contribution in [-0.4, -0.2) is 13.7 Å². The van der Waals surface area contributed by atoms with Gasteiger partial charge in [-0.25, -0.2) is 4.39 Å². The molecule has 2 aromatic carbocycles. The number of hydrogen-bond donors (Lipinski definition) is 1. The molecule has 0 amide bonds. The van der Waals surface area contributed by atoms with Gasteiger partial charge in [-0.05, 0) is 36.2 Å². The molecule has 0 atom stereocenters. The van der Waals surface area contributed by atoms with Crippen molar-refractivity contribution in [3.63, 3.8) is 0 Å². The van der Waals surface area contributed by atoms with E-state index in [2.05, 4.69) is 5.32 Å². The zero-order valence-electron chi connectivity index (χ0n) is 10.3. The molecule has 0 unspecified atom stereocenters. The van der Waals surface area contributed by atoms with Gasteiger partial charge in [0, 0.05) is 6.54 Å². The second-order valence-corrected chi connectivity index (χ2v) is 4.00. The summed E-state index contributed by atoms with van der Waals surface area (Å²) < 4.78 is 18.4. The summed E-state index contributed by atoms with van der Waals surface area (Å²) in [6.45, 7) is 0.702. The maximum Gasteiger partial charge on any atom is 0.146 e. The highest BCUT2D eigenvalue weighted by molar-refractivity contribution is 5.44. The van der Waals surface area contributed by atoms with Crippen LogP contribution in [-0.2, 0) is 6.42 Å². The fourth-order valence-corrected chi connectivity index (χ4v) is 1.74. The van der Waals surface area contributed by atoms with Crippen molar-refractivity contribution in [3.8, 4) is 5.75 Å². The Morgan fingerprint density at radius 3 is 2.44 bits per heavy atom. The van der Waals surface area contributed by atoms with Gasteiger partial charge in [0.25, 0.3) is 0 Å². The van der Waals surface area contributed by atoms with Gasteiger partial charge in [-0.1, -0.05) is 24.3 Å². The van der Waals surface area contributed by atoms with Crippen LogP contribution in [0.15, 0.2) is 48.5 Å². The van der Waals surface area contributed by atoms with Crippen molar-refractivity contribution in [1.29, 1.82) is 0 Å². The van der Waals surface area contributed by atoms with E-state index in [-0.39, 0.29) is 5.82 Å². The van der Waals surface area contributed by atoms with Crippen molar-refractivity contribution in [2.45, 2.75) is 6.42 Å². The largest absolute Gasteiger partial charge is 0.497 e. The molecule has 2 aromatic rings. The minimum Gasteiger partial charge on any atom is -0.497 e. The van der Waals surface area contributed by atoms with Gasteiger partial charge in [-0.3, -0.25) is 0 Å². The molecule has 0 saturated heterocycles. The highest BCUT2D eigenvalue weighted by Crippen LogP contribution is 2.14. The lowest BCUT2D eigenvalue weighted by atomic mass is 10.1. The Kier molecular flexibility index (Phi) is 4.18. The topological polar surface area (TPSA) is 21.3 Å². The summed E-state index contributed by atoms with van der Waals surface area (Å²) in [7, 11) is 1.65. The number of ether oxygens (including phenoxy) is 1. The van der Waals surface area contributed by atoms with Crippen molar-refractivity contribution in [1.82, 2.24) is 0 Å². The van der Waals surface area contributed by atoms with Crippen molar-refractivity contribution in [2.75, 3.05) is 19.0 Å². The highest BCUT2D eigenvalue weighted by Gasteiger charge is 1.99. The summed E-state index contributed by atoms with van der Waals surface area (Å²) in [5.74, 6) is 0.632. The first-order valence-corrected chi connectivity index (χ1v) is 5.91. The molecule has 0 aromatic heterocycles. The van der Waals surface area contributed by atoms with Gasteiger partial charge in [0.2, 0.25) is 0 Å². The Hall–Kier alpha value is -2.03. The lowest BCUT2D eigenvalue weighted by Gasteiger charge is -2.07. The van der Waals surface area contributed by atoms with Crippen LogP contribution in [0, 0.1) is 5.82 Å². The third-order valence-corrected chi connectivity index (χ3v) is 2.76. The molecule has 2 rings (SSSR count). The molecule has 3 heteroatoms. The number of para-hydroxylation sites is 1. The smallest absolute Gasteiger partial charge is 0.146 e. The van der Waals surface area contributed by atoms with Crippen molar-refractivity contribution < 1.29 is 9.13 Å². The molecule has 0 aliphatic carbocycles. The first-order valence-electron chi connectivity index (χ1n) is 5.91. The molecule has 0 saturated carbocycles. The summed E-state index contributed by atoms with van der Waals surface area (Å²) >= 11 is 0. The van der Waals surface area contributed by atoms with Gasteiger partial charge < -0.3 is 10.1 Å². The van der Waals surface area contributed by atoms with E-state index in [9.17, 15) is 4.39 Å². The second kappa shape index (κ2) is 6.05. The van der Waals surface area contributed by atoms with E-state index in [0.717, 1.165) is 12.2 Å². The molecule has 2 nitrogen and oxygen atoms in total. The van der Waals surface area contributed by atoms with E-state index in [1.807, 2.05) is 30.3 Å². The minimum absolute atomic E-state index is 0.216. The number of benzene rings is 2. The molecule has 0 aliphatic heterocycles. The summed E-state index contributed by atoms with van der Waals surface area (Å²) in [4.78, 5) is 0. The normalized spacial score (nSPS) is 10.1. The van der Waals surface area contributed by atoms with Crippen molar-refractivity contribution >= 4 is 5.69 Å². The number of hydrogen-bond acceptors (Lipinski definition) is 2. The van der Waals surface area contributed by atoms with E-state index in [4.69, 9.17) is 4.74 Å². The summed E-state index contributed by atoms with van der Waals surface area (Å²) in [6, 6.07) is 14.6. The molecule has 94 valence electrons. The maximum absolute atomic E-state index is 13.3. The molecule has 0 bridgehead atoms. The van der Waals surface area contributed by atoms with Crippen LogP contribution < -0.4 is 10.1 Å². The fourth-order valence-electron chi connectivity index (χ4n) is 1.74. The molecule has 18 heavy (non-hydrogen) atoms. The molecule has 0 heterocycles. The average Bonchev–Trinajstić information content (AvgIpc) is 2.42. The number of halogens is 1. The van der Waals surface area contributed by atoms with Crippen LogP contribution in [0.1, 0.15) is 5.56 Å². The van der Waals surface area contributed by atoms with Gasteiger partial charge in [0.15, 0.2) is 0 Å².